The molecule has 3 aromatic heterocycles. The molecule has 0 atom stereocenters. The molecule has 0 amide bonds. The van der Waals surface area contributed by atoms with Crippen LogP contribution in [0.2, 0.25) is 0 Å². The first-order chi connectivity index (χ1) is 12.4. The minimum Gasteiger partial charge on any atom is -0.282 e. The second-order valence-corrected chi connectivity index (χ2v) is 6.86. The fraction of sp³-hybridized carbons (Fsp3) is 0.429. The third kappa shape index (κ3) is 8.51. The van der Waals surface area contributed by atoms with Crippen LogP contribution in [0, 0.1) is 0 Å². The van der Waals surface area contributed by atoms with Gasteiger partial charge in [-0.3, -0.25) is 20.1 Å². The molecule has 140 valence electrons. The highest BCUT2D eigenvalue weighted by molar-refractivity contribution is 5.06. The van der Waals surface area contributed by atoms with Gasteiger partial charge in [0.2, 0.25) is 0 Å². The Morgan fingerprint density at radius 2 is 1.38 bits per heavy atom. The van der Waals surface area contributed by atoms with Gasteiger partial charge in [0.05, 0.1) is 5.69 Å². The first-order valence-electron chi connectivity index (χ1n) is 9.07. The van der Waals surface area contributed by atoms with Crippen molar-refractivity contribution in [1.82, 2.24) is 25.1 Å². The normalized spacial score (nSPS) is 10.2. The zero-order valence-corrected chi connectivity index (χ0v) is 16.7. The molecule has 0 aliphatic heterocycles. The van der Waals surface area contributed by atoms with Crippen LogP contribution in [0.5, 0.6) is 0 Å². The summed E-state index contributed by atoms with van der Waals surface area (Å²) in [5, 5.41) is 6.70. The molecule has 0 saturated heterocycles. The van der Waals surface area contributed by atoms with Crippen molar-refractivity contribution in [2.75, 3.05) is 0 Å². The van der Waals surface area contributed by atoms with E-state index in [0.717, 1.165) is 11.4 Å². The van der Waals surface area contributed by atoms with E-state index in [2.05, 4.69) is 66.7 Å². The summed E-state index contributed by atoms with van der Waals surface area (Å²) >= 11 is 0. The van der Waals surface area contributed by atoms with Gasteiger partial charge in [-0.25, -0.2) is 0 Å². The summed E-state index contributed by atoms with van der Waals surface area (Å²) in [4.78, 5) is 12.2. The molecule has 0 saturated carbocycles. The lowest BCUT2D eigenvalue weighted by Crippen LogP contribution is -1.91. The van der Waals surface area contributed by atoms with Gasteiger partial charge in [-0.2, -0.15) is 5.10 Å². The van der Waals surface area contributed by atoms with Crippen molar-refractivity contribution in [2.24, 2.45) is 0 Å². The van der Waals surface area contributed by atoms with Crippen LogP contribution >= 0.6 is 0 Å². The van der Waals surface area contributed by atoms with Gasteiger partial charge < -0.3 is 0 Å². The van der Waals surface area contributed by atoms with E-state index in [4.69, 9.17) is 0 Å². The molecule has 3 aromatic rings. The Labute approximate surface area is 157 Å². The molecule has 3 heterocycles. The number of hydrogen-bond acceptors (Lipinski definition) is 4. The zero-order chi connectivity index (χ0) is 19.4. The molecule has 5 nitrogen and oxygen atoms in total. The minimum atomic E-state index is 0.485. The molecular formula is C21H31N5. The van der Waals surface area contributed by atoms with Crippen molar-refractivity contribution in [3.63, 3.8) is 0 Å². The van der Waals surface area contributed by atoms with Gasteiger partial charge >= 0.3 is 0 Å². The van der Waals surface area contributed by atoms with E-state index in [-0.39, 0.29) is 0 Å². The standard InChI is InChI=1S/C8H11N.C7H10N2.C6H10N2/c1-7(2)8-5-3-4-6-9-8;1-6(2)7-5-8-3-4-9-7;1-5(2)6-3-4-7-8-6/h3-7H,1-2H3;3-6H,1-2H3;3-5H,1-2H3,(H,7,8). The number of nitrogens with zero attached hydrogens (tertiary/aromatic N) is 4. The Hall–Kier alpha value is -2.56. The largest absolute Gasteiger partial charge is 0.282 e. The van der Waals surface area contributed by atoms with Crippen molar-refractivity contribution >= 4 is 0 Å². The highest BCUT2D eigenvalue weighted by atomic mass is 15.1. The summed E-state index contributed by atoms with van der Waals surface area (Å²) in [5.41, 5.74) is 3.42. The number of aromatic amines is 1. The Morgan fingerprint density at radius 1 is 0.692 bits per heavy atom. The molecule has 0 spiro atoms. The van der Waals surface area contributed by atoms with Crippen LogP contribution in [0.4, 0.5) is 0 Å². The molecule has 0 aliphatic carbocycles. The van der Waals surface area contributed by atoms with E-state index < -0.39 is 0 Å². The summed E-state index contributed by atoms with van der Waals surface area (Å²) in [5.74, 6) is 1.60. The summed E-state index contributed by atoms with van der Waals surface area (Å²) in [6, 6.07) is 7.99. The molecule has 3 rings (SSSR count). The molecule has 5 heteroatoms. The molecule has 0 unspecified atom stereocenters. The number of pyridine rings is 1. The van der Waals surface area contributed by atoms with E-state index in [1.807, 2.05) is 30.5 Å². The SMILES string of the molecule is CC(C)c1ccccn1.CC(C)c1ccn[nH]1.CC(C)c1cnccn1. The van der Waals surface area contributed by atoms with Gasteiger partial charge in [-0.05, 0) is 36.0 Å². The van der Waals surface area contributed by atoms with Crippen molar-refractivity contribution in [2.45, 2.75) is 59.3 Å². The van der Waals surface area contributed by atoms with Crippen molar-refractivity contribution in [1.29, 1.82) is 0 Å². The van der Waals surface area contributed by atoms with Crippen LogP contribution in [0.1, 0.15) is 76.4 Å². The Morgan fingerprint density at radius 3 is 1.69 bits per heavy atom. The molecule has 0 aliphatic rings. The topological polar surface area (TPSA) is 67.3 Å². The average Bonchev–Trinajstić information content (AvgIpc) is 3.19. The Balaban J connectivity index is 0.000000195. The lowest BCUT2D eigenvalue weighted by atomic mass is 10.1. The van der Waals surface area contributed by atoms with Crippen molar-refractivity contribution in [3.05, 3.63) is 72.3 Å². The number of hydrogen-bond donors (Lipinski definition) is 1. The molecule has 0 bridgehead atoms. The third-order valence-corrected chi connectivity index (χ3v) is 3.60. The molecule has 26 heavy (non-hydrogen) atoms. The molecular weight excluding hydrogens is 322 g/mol. The van der Waals surface area contributed by atoms with Crippen LogP contribution in [0.3, 0.4) is 0 Å². The maximum absolute atomic E-state index is 4.18. The van der Waals surface area contributed by atoms with Gasteiger partial charge in [-0.1, -0.05) is 47.6 Å². The Kier molecular flexibility index (Phi) is 9.83. The summed E-state index contributed by atoms with van der Waals surface area (Å²) in [6.45, 7) is 12.7. The van der Waals surface area contributed by atoms with Gasteiger partial charge in [0.1, 0.15) is 0 Å². The van der Waals surface area contributed by atoms with Crippen LogP contribution in [0.25, 0.3) is 0 Å². The predicted molar refractivity (Wildman–Crippen MR) is 107 cm³/mol. The number of aromatic nitrogens is 5. The third-order valence-electron chi connectivity index (χ3n) is 3.60. The monoisotopic (exact) mass is 353 g/mol. The van der Waals surface area contributed by atoms with Crippen LogP contribution < -0.4 is 0 Å². The van der Waals surface area contributed by atoms with E-state index >= 15 is 0 Å². The lowest BCUT2D eigenvalue weighted by Gasteiger charge is -2.00. The maximum atomic E-state index is 4.18. The maximum Gasteiger partial charge on any atom is 0.0612 e. The minimum absolute atomic E-state index is 0.485. The van der Waals surface area contributed by atoms with E-state index in [9.17, 15) is 0 Å². The van der Waals surface area contributed by atoms with Crippen molar-refractivity contribution in [3.8, 4) is 0 Å². The zero-order valence-electron chi connectivity index (χ0n) is 16.7. The number of rotatable bonds is 3. The Bertz CT molecular complexity index is 633. The highest BCUT2D eigenvalue weighted by Gasteiger charge is 1.97. The first-order valence-corrected chi connectivity index (χ1v) is 9.07. The summed E-state index contributed by atoms with van der Waals surface area (Å²) in [6.07, 6.45) is 8.80. The fourth-order valence-corrected chi connectivity index (χ4v) is 1.91. The van der Waals surface area contributed by atoms with Crippen LogP contribution in [-0.2, 0) is 0 Å². The molecule has 0 radical (unpaired) electrons. The second-order valence-electron chi connectivity index (χ2n) is 6.86. The van der Waals surface area contributed by atoms with Gasteiger partial charge in [-0.15, -0.1) is 0 Å². The average molecular weight is 354 g/mol. The van der Waals surface area contributed by atoms with E-state index in [1.54, 1.807) is 24.8 Å². The molecule has 0 fully saturated rings. The quantitative estimate of drug-likeness (QED) is 0.690. The highest BCUT2D eigenvalue weighted by Crippen LogP contribution is 2.09. The fourth-order valence-electron chi connectivity index (χ4n) is 1.91. The van der Waals surface area contributed by atoms with E-state index in [0.29, 0.717) is 17.8 Å². The second kappa shape index (κ2) is 11.9. The van der Waals surface area contributed by atoms with Crippen LogP contribution in [-0.4, -0.2) is 25.1 Å². The lowest BCUT2D eigenvalue weighted by molar-refractivity contribution is 0.810. The number of nitrogens with one attached hydrogen (secondary N) is 1. The smallest absolute Gasteiger partial charge is 0.0612 e. The first kappa shape index (κ1) is 21.5. The van der Waals surface area contributed by atoms with Crippen molar-refractivity contribution < 1.29 is 0 Å². The van der Waals surface area contributed by atoms with Gasteiger partial charge in [0, 0.05) is 42.4 Å². The predicted octanol–water partition coefficient (Wildman–Crippen LogP) is 5.34. The summed E-state index contributed by atoms with van der Waals surface area (Å²) in [7, 11) is 0. The molecule has 0 aromatic carbocycles. The van der Waals surface area contributed by atoms with Gasteiger partial charge in [0.25, 0.3) is 0 Å². The summed E-state index contributed by atoms with van der Waals surface area (Å²) < 4.78 is 0. The van der Waals surface area contributed by atoms with E-state index in [1.165, 1.54) is 5.69 Å². The molecule has 1 N–H and O–H groups in total. The van der Waals surface area contributed by atoms with Gasteiger partial charge in [0.15, 0.2) is 0 Å². The number of H-pyrrole nitrogens is 1. The van der Waals surface area contributed by atoms with Crippen LogP contribution in [0.15, 0.2) is 55.2 Å².